The highest BCUT2D eigenvalue weighted by molar-refractivity contribution is 5.90. The molecule has 0 aliphatic carbocycles. The van der Waals surface area contributed by atoms with Crippen LogP contribution in [0.3, 0.4) is 0 Å². The molecular weight excluding hydrogens is 304 g/mol. The van der Waals surface area contributed by atoms with Gasteiger partial charge in [-0.25, -0.2) is 4.79 Å². The fourth-order valence-corrected chi connectivity index (χ4v) is 3.12. The van der Waals surface area contributed by atoms with E-state index in [4.69, 9.17) is 4.74 Å². The summed E-state index contributed by atoms with van der Waals surface area (Å²) < 4.78 is 7.52. The Morgan fingerprint density at radius 1 is 1.42 bits per heavy atom. The maximum absolute atomic E-state index is 12.5. The van der Waals surface area contributed by atoms with Crippen molar-refractivity contribution in [2.75, 3.05) is 11.9 Å². The number of nitrogens with zero attached hydrogens (tertiary/aromatic N) is 2. The number of benzene rings is 1. The molecule has 0 saturated carbocycles. The first-order valence-corrected chi connectivity index (χ1v) is 8.44. The molecule has 1 fully saturated rings. The summed E-state index contributed by atoms with van der Waals surface area (Å²) >= 11 is 0. The number of hydrogen-bond donors (Lipinski definition) is 2. The maximum Gasteiger partial charge on any atom is 0.319 e. The number of carbonyl (C=O) groups is 1. The molecule has 2 N–H and O–H groups in total. The van der Waals surface area contributed by atoms with Crippen molar-refractivity contribution >= 4 is 11.7 Å². The summed E-state index contributed by atoms with van der Waals surface area (Å²) in [4.78, 5) is 12.5. The highest BCUT2D eigenvalue weighted by atomic mass is 16.5. The molecule has 24 heavy (non-hydrogen) atoms. The van der Waals surface area contributed by atoms with Gasteiger partial charge in [-0.15, -0.1) is 0 Å². The second-order valence-electron chi connectivity index (χ2n) is 6.05. The first-order valence-electron chi connectivity index (χ1n) is 8.44. The molecule has 6 heteroatoms. The number of urea groups is 1. The summed E-state index contributed by atoms with van der Waals surface area (Å²) in [5, 5.41) is 10.3. The summed E-state index contributed by atoms with van der Waals surface area (Å²) in [7, 11) is 1.85. The smallest absolute Gasteiger partial charge is 0.319 e. The van der Waals surface area contributed by atoms with Gasteiger partial charge in [0.1, 0.15) is 0 Å². The maximum atomic E-state index is 12.5. The van der Waals surface area contributed by atoms with Crippen LogP contribution in [0.25, 0.3) is 0 Å². The van der Waals surface area contributed by atoms with Gasteiger partial charge in [0.2, 0.25) is 0 Å². The molecule has 0 spiro atoms. The van der Waals surface area contributed by atoms with Crippen LogP contribution in [0.4, 0.5) is 10.5 Å². The molecule has 2 atom stereocenters. The molecule has 3 rings (SSSR count). The number of ether oxygens (including phenoxy) is 1. The lowest BCUT2D eigenvalue weighted by molar-refractivity contribution is 0.0815. The van der Waals surface area contributed by atoms with Crippen molar-refractivity contribution in [1.29, 1.82) is 0 Å². The van der Waals surface area contributed by atoms with Crippen molar-refractivity contribution in [2.45, 2.75) is 38.3 Å². The standard InChI is InChI=1S/C18H24N4O2/c1-3-14-15(12-22(2)21-14)19-18(23)20-17(16-10-7-11-24-16)13-8-5-4-6-9-13/h4-6,8-9,12,16-17H,3,7,10-11H2,1-2H3,(H2,19,20,23)/t16-,17-/m1/s1. The van der Waals surface area contributed by atoms with Gasteiger partial charge in [0, 0.05) is 19.9 Å². The Balaban J connectivity index is 1.73. The van der Waals surface area contributed by atoms with Gasteiger partial charge in [-0.3, -0.25) is 4.68 Å². The van der Waals surface area contributed by atoms with Gasteiger partial charge >= 0.3 is 6.03 Å². The highest BCUT2D eigenvalue weighted by Crippen LogP contribution is 2.27. The molecule has 1 aromatic heterocycles. The van der Waals surface area contributed by atoms with E-state index in [1.165, 1.54) is 0 Å². The minimum atomic E-state index is -0.234. The first-order chi connectivity index (χ1) is 11.7. The molecule has 1 aliphatic rings. The summed E-state index contributed by atoms with van der Waals surface area (Å²) in [6.45, 7) is 2.77. The third-order valence-electron chi connectivity index (χ3n) is 4.27. The van der Waals surface area contributed by atoms with Crippen molar-refractivity contribution in [1.82, 2.24) is 15.1 Å². The Bertz CT molecular complexity index is 678. The third-order valence-corrected chi connectivity index (χ3v) is 4.27. The molecule has 2 aromatic rings. The molecule has 6 nitrogen and oxygen atoms in total. The van der Waals surface area contributed by atoms with Crippen LogP contribution < -0.4 is 10.6 Å². The van der Waals surface area contributed by atoms with Crippen molar-refractivity contribution in [3.63, 3.8) is 0 Å². The lowest BCUT2D eigenvalue weighted by atomic mass is 9.99. The summed E-state index contributed by atoms with van der Waals surface area (Å²) in [5.74, 6) is 0. The monoisotopic (exact) mass is 328 g/mol. The van der Waals surface area contributed by atoms with E-state index in [-0.39, 0.29) is 18.2 Å². The average molecular weight is 328 g/mol. The van der Waals surface area contributed by atoms with E-state index in [0.29, 0.717) is 0 Å². The van der Waals surface area contributed by atoms with E-state index in [1.54, 1.807) is 4.68 Å². The minimum absolute atomic E-state index is 0.0118. The predicted molar refractivity (Wildman–Crippen MR) is 92.9 cm³/mol. The average Bonchev–Trinajstić information content (AvgIpc) is 3.23. The van der Waals surface area contributed by atoms with E-state index in [9.17, 15) is 4.79 Å². The molecule has 0 radical (unpaired) electrons. The molecule has 0 bridgehead atoms. The zero-order valence-electron chi connectivity index (χ0n) is 14.2. The van der Waals surface area contributed by atoms with E-state index < -0.39 is 0 Å². The SMILES string of the molecule is CCc1nn(C)cc1NC(=O)N[C@H](c1ccccc1)[C@H]1CCCO1. The van der Waals surface area contributed by atoms with Crippen LogP contribution in [-0.2, 0) is 18.2 Å². The molecule has 1 saturated heterocycles. The van der Waals surface area contributed by atoms with Crippen LogP contribution in [0.15, 0.2) is 36.5 Å². The van der Waals surface area contributed by atoms with Gasteiger partial charge in [-0.05, 0) is 24.8 Å². The van der Waals surface area contributed by atoms with Gasteiger partial charge < -0.3 is 15.4 Å². The summed E-state index contributed by atoms with van der Waals surface area (Å²) in [5.41, 5.74) is 2.68. The number of aromatic nitrogens is 2. The highest BCUT2D eigenvalue weighted by Gasteiger charge is 2.28. The van der Waals surface area contributed by atoms with Gasteiger partial charge in [0.05, 0.1) is 23.5 Å². The van der Waals surface area contributed by atoms with Gasteiger partial charge in [0.15, 0.2) is 0 Å². The number of rotatable bonds is 5. The fourth-order valence-electron chi connectivity index (χ4n) is 3.12. The minimum Gasteiger partial charge on any atom is -0.376 e. The van der Waals surface area contributed by atoms with Crippen molar-refractivity contribution in [2.24, 2.45) is 7.05 Å². The van der Waals surface area contributed by atoms with E-state index >= 15 is 0 Å². The number of nitrogens with one attached hydrogen (secondary N) is 2. The van der Waals surface area contributed by atoms with Crippen LogP contribution >= 0.6 is 0 Å². The van der Waals surface area contributed by atoms with Crippen LogP contribution in [0.2, 0.25) is 0 Å². The number of anilines is 1. The number of aryl methyl sites for hydroxylation is 2. The Hall–Kier alpha value is -2.34. The van der Waals surface area contributed by atoms with Crippen LogP contribution in [0.1, 0.15) is 37.1 Å². The van der Waals surface area contributed by atoms with Crippen molar-refractivity contribution in [3.8, 4) is 0 Å². The van der Waals surface area contributed by atoms with E-state index in [1.807, 2.05) is 50.5 Å². The van der Waals surface area contributed by atoms with E-state index in [2.05, 4.69) is 15.7 Å². The first kappa shape index (κ1) is 16.5. The molecule has 0 unspecified atom stereocenters. The second kappa shape index (κ2) is 7.49. The van der Waals surface area contributed by atoms with E-state index in [0.717, 1.165) is 42.8 Å². The lowest BCUT2D eigenvalue weighted by Crippen LogP contribution is -2.38. The van der Waals surface area contributed by atoms with Crippen LogP contribution in [-0.4, -0.2) is 28.5 Å². The second-order valence-corrected chi connectivity index (χ2v) is 6.05. The Labute approximate surface area is 142 Å². The zero-order valence-corrected chi connectivity index (χ0v) is 14.2. The Morgan fingerprint density at radius 2 is 2.21 bits per heavy atom. The number of carbonyl (C=O) groups excluding carboxylic acids is 1. The Kier molecular flexibility index (Phi) is 5.15. The molecule has 2 heterocycles. The third kappa shape index (κ3) is 3.76. The van der Waals surface area contributed by atoms with Gasteiger partial charge in [0.25, 0.3) is 0 Å². The van der Waals surface area contributed by atoms with Gasteiger partial charge in [-0.2, -0.15) is 5.10 Å². The quantitative estimate of drug-likeness (QED) is 0.886. The molecule has 2 amide bonds. The van der Waals surface area contributed by atoms with Crippen LogP contribution in [0, 0.1) is 0 Å². The predicted octanol–water partition coefficient (Wildman–Crippen LogP) is 3.02. The molecular formula is C18H24N4O2. The molecule has 1 aromatic carbocycles. The lowest BCUT2D eigenvalue weighted by Gasteiger charge is -2.24. The van der Waals surface area contributed by atoms with Crippen LogP contribution in [0.5, 0.6) is 0 Å². The zero-order chi connectivity index (χ0) is 16.9. The molecule has 1 aliphatic heterocycles. The Morgan fingerprint density at radius 3 is 2.88 bits per heavy atom. The largest absolute Gasteiger partial charge is 0.376 e. The summed E-state index contributed by atoms with van der Waals surface area (Å²) in [6, 6.07) is 9.58. The van der Waals surface area contributed by atoms with Crippen molar-refractivity contribution in [3.05, 3.63) is 47.8 Å². The normalized spacial score (nSPS) is 18.3. The van der Waals surface area contributed by atoms with Gasteiger partial charge in [-0.1, -0.05) is 37.3 Å². The molecule has 128 valence electrons. The summed E-state index contributed by atoms with van der Waals surface area (Å²) in [6.07, 6.45) is 4.58. The fraction of sp³-hybridized carbons (Fsp3) is 0.444. The van der Waals surface area contributed by atoms with Crippen molar-refractivity contribution < 1.29 is 9.53 Å². The number of amides is 2. The topological polar surface area (TPSA) is 68.2 Å². The number of hydrogen-bond acceptors (Lipinski definition) is 3.